The highest BCUT2D eigenvalue weighted by Gasteiger charge is 2.11. The molecule has 5 nitrogen and oxygen atoms in total. The van der Waals surface area contributed by atoms with Crippen LogP contribution in [0, 0.1) is 12.7 Å². The lowest BCUT2D eigenvalue weighted by molar-refractivity contribution is 0.102. The summed E-state index contributed by atoms with van der Waals surface area (Å²) in [7, 11) is 0. The Bertz CT molecular complexity index is 613. The van der Waals surface area contributed by atoms with Crippen LogP contribution in [0.25, 0.3) is 0 Å². The predicted molar refractivity (Wildman–Crippen MR) is 75.3 cm³/mol. The zero-order valence-corrected chi connectivity index (χ0v) is 11.3. The van der Waals surface area contributed by atoms with Gasteiger partial charge in [0.25, 0.3) is 5.91 Å². The van der Waals surface area contributed by atoms with Gasteiger partial charge in [-0.15, -0.1) is 10.2 Å². The monoisotopic (exact) mass is 274 g/mol. The quantitative estimate of drug-likeness (QED) is 0.899. The van der Waals surface area contributed by atoms with Gasteiger partial charge < -0.3 is 10.6 Å². The first-order valence-electron chi connectivity index (χ1n) is 6.25. The van der Waals surface area contributed by atoms with Crippen LogP contribution < -0.4 is 10.6 Å². The summed E-state index contributed by atoms with van der Waals surface area (Å²) in [6.07, 6.45) is 0. The molecular weight excluding hydrogens is 259 g/mol. The minimum absolute atomic E-state index is 0.132. The topological polar surface area (TPSA) is 66.9 Å². The van der Waals surface area contributed by atoms with Crippen LogP contribution in [-0.2, 0) is 0 Å². The second-order valence-corrected chi connectivity index (χ2v) is 4.27. The minimum atomic E-state index is -0.495. The zero-order valence-electron chi connectivity index (χ0n) is 11.3. The summed E-state index contributed by atoms with van der Waals surface area (Å²) in [5.74, 6) is -0.392. The van der Waals surface area contributed by atoms with Gasteiger partial charge in [0, 0.05) is 6.54 Å². The van der Waals surface area contributed by atoms with Gasteiger partial charge in [-0.3, -0.25) is 4.79 Å². The number of amides is 1. The van der Waals surface area contributed by atoms with E-state index in [9.17, 15) is 9.18 Å². The van der Waals surface area contributed by atoms with Crippen molar-refractivity contribution in [2.45, 2.75) is 13.8 Å². The van der Waals surface area contributed by atoms with Crippen molar-refractivity contribution in [3.8, 4) is 0 Å². The van der Waals surface area contributed by atoms with E-state index in [0.29, 0.717) is 12.4 Å². The molecule has 0 aliphatic heterocycles. The van der Waals surface area contributed by atoms with Gasteiger partial charge in [-0.25, -0.2) is 4.39 Å². The Kier molecular flexibility index (Phi) is 4.24. The fourth-order valence-corrected chi connectivity index (χ4v) is 1.65. The summed E-state index contributed by atoms with van der Waals surface area (Å²) in [5.41, 5.74) is 1.12. The molecule has 0 radical (unpaired) electrons. The maximum Gasteiger partial charge on any atom is 0.276 e. The van der Waals surface area contributed by atoms with Crippen molar-refractivity contribution in [1.82, 2.24) is 10.2 Å². The molecule has 0 saturated heterocycles. The van der Waals surface area contributed by atoms with Crippen molar-refractivity contribution in [3.63, 3.8) is 0 Å². The van der Waals surface area contributed by atoms with Crippen LogP contribution in [0.3, 0.4) is 0 Å². The fraction of sp³-hybridized carbons (Fsp3) is 0.214. The Labute approximate surface area is 116 Å². The molecule has 0 bridgehead atoms. The second-order valence-electron chi connectivity index (χ2n) is 4.27. The first kappa shape index (κ1) is 13.9. The molecule has 104 valence electrons. The maximum atomic E-state index is 13.5. The summed E-state index contributed by atoms with van der Waals surface area (Å²) in [4.78, 5) is 11.9. The minimum Gasteiger partial charge on any atom is -0.369 e. The van der Waals surface area contributed by atoms with Crippen molar-refractivity contribution in [2.75, 3.05) is 17.2 Å². The molecule has 0 fully saturated rings. The summed E-state index contributed by atoms with van der Waals surface area (Å²) in [5, 5.41) is 13.1. The molecule has 20 heavy (non-hydrogen) atoms. The lowest BCUT2D eigenvalue weighted by atomic mass is 10.2. The zero-order chi connectivity index (χ0) is 14.5. The first-order valence-corrected chi connectivity index (χ1v) is 6.25. The van der Waals surface area contributed by atoms with Crippen molar-refractivity contribution in [3.05, 3.63) is 47.4 Å². The van der Waals surface area contributed by atoms with Crippen LogP contribution in [0.15, 0.2) is 30.3 Å². The highest BCUT2D eigenvalue weighted by atomic mass is 19.1. The van der Waals surface area contributed by atoms with Crippen LogP contribution in [0.5, 0.6) is 0 Å². The standard InChI is InChI=1S/C14H15FN4O/c1-3-16-13-7-6-11(18-19-13)14(20)17-12-8-9(2)4-5-10(12)15/h4-8H,3H2,1-2H3,(H,16,19)(H,17,20). The van der Waals surface area contributed by atoms with E-state index in [2.05, 4.69) is 20.8 Å². The van der Waals surface area contributed by atoms with Gasteiger partial charge in [0.05, 0.1) is 5.69 Å². The summed E-state index contributed by atoms with van der Waals surface area (Å²) >= 11 is 0. The first-order chi connectivity index (χ1) is 9.60. The normalized spacial score (nSPS) is 10.2. The number of nitrogens with one attached hydrogen (secondary N) is 2. The maximum absolute atomic E-state index is 13.5. The Balaban J connectivity index is 2.13. The van der Waals surface area contributed by atoms with Crippen molar-refractivity contribution >= 4 is 17.4 Å². The van der Waals surface area contributed by atoms with Gasteiger partial charge in [-0.2, -0.15) is 0 Å². The van der Waals surface area contributed by atoms with E-state index in [0.717, 1.165) is 5.56 Å². The molecule has 1 heterocycles. The van der Waals surface area contributed by atoms with Gasteiger partial charge in [-0.05, 0) is 43.7 Å². The highest BCUT2D eigenvalue weighted by Crippen LogP contribution is 2.16. The van der Waals surface area contributed by atoms with E-state index < -0.39 is 11.7 Å². The summed E-state index contributed by atoms with van der Waals surface area (Å²) in [6, 6.07) is 7.70. The molecule has 2 rings (SSSR count). The van der Waals surface area contributed by atoms with Crippen LogP contribution >= 0.6 is 0 Å². The van der Waals surface area contributed by atoms with Crippen molar-refractivity contribution in [1.29, 1.82) is 0 Å². The summed E-state index contributed by atoms with van der Waals surface area (Å²) < 4.78 is 13.5. The molecule has 1 aromatic carbocycles. The second kappa shape index (κ2) is 6.10. The van der Waals surface area contributed by atoms with E-state index in [4.69, 9.17) is 0 Å². The Morgan fingerprint density at radius 2 is 2.05 bits per heavy atom. The molecule has 0 unspecified atom stereocenters. The van der Waals surface area contributed by atoms with Crippen molar-refractivity contribution in [2.24, 2.45) is 0 Å². The van der Waals surface area contributed by atoms with Gasteiger partial charge >= 0.3 is 0 Å². The fourth-order valence-electron chi connectivity index (χ4n) is 1.65. The molecule has 0 aliphatic rings. The molecule has 6 heteroatoms. The number of carbonyl (C=O) groups excluding carboxylic acids is 1. The molecule has 0 atom stereocenters. The van der Waals surface area contributed by atoms with Crippen LogP contribution in [0.4, 0.5) is 15.9 Å². The molecule has 2 aromatic rings. The van der Waals surface area contributed by atoms with Crippen LogP contribution in [0.1, 0.15) is 23.0 Å². The number of aryl methyl sites for hydroxylation is 1. The lowest BCUT2D eigenvalue weighted by Crippen LogP contribution is -2.15. The van der Waals surface area contributed by atoms with E-state index in [1.165, 1.54) is 12.1 Å². The number of benzene rings is 1. The SMILES string of the molecule is CCNc1ccc(C(=O)Nc2cc(C)ccc2F)nn1. The largest absolute Gasteiger partial charge is 0.369 e. The van der Waals surface area contributed by atoms with Crippen LogP contribution in [0.2, 0.25) is 0 Å². The number of nitrogens with zero attached hydrogens (tertiary/aromatic N) is 2. The van der Waals surface area contributed by atoms with Gasteiger partial charge in [0.2, 0.25) is 0 Å². The van der Waals surface area contributed by atoms with Crippen molar-refractivity contribution < 1.29 is 9.18 Å². The summed E-state index contributed by atoms with van der Waals surface area (Å²) in [6.45, 7) is 4.47. The average molecular weight is 274 g/mol. The Morgan fingerprint density at radius 1 is 1.25 bits per heavy atom. The number of aromatic nitrogens is 2. The molecule has 1 aromatic heterocycles. The van der Waals surface area contributed by atoms with E-state index in [1.807, 2.05) is 13.8 Å². The van der Waals surface area contributed by atoms with Gasteiger partial charge in [0.1, 0.15) is 11.6 Å². The number of hydrogen-bond acceptors (Lipinski definition) is 4. The third-order valence-electron chi connectivity index (χ3n) is 2.63. The predicted octanol–water partition coefficient (Wildman–Crippen LogP) is 2.61. The molecule has 1 amide bonds. The van der Waals surface area contributed by atoms with E-state index >= 15 is 0 Å². The van der Waals surface area contributed by atoms with E-state index in [-0.39, 0.29) is 11.4 Å². The molecule has 0 saturated carbocycles. The molecule has 0 aliphatic carbocycles. The smallest absolute Gasteiger partial charge is 0.276 e. The number of halogens is 1. The number of anilines is 2. The Hall–Kier alpha value is -2.50. The molecule has 2 N–H and O–H groups in total. The van der Waals surface area contributed by atoms with Crippen LogP contribution in [-0.4, -0.2) is 22.6 Å². The number of rotatable bonds is 4. The highest BCUT2D eigenvalue weighted by molar-refractivity contribution is 6.02. The average Bonchev–Trinajstić information content (AvgIpc) is 2.44. The molecular formula is C14H15FN4O. The third kappa shape index (κ3) is 3.28. The number of hydrogen-bond donors (Lipinski definition) is 2. The third-order valence-corrected chi connectivity index (χ3v) is 2.63. The van der Waals surface area contributed by atoms with Gasteiger partial charge in [0.15, 0.2) is 5.69 Å². The van der Waals surface area contributed by atoms with E-state index in [1.54, 1.807) is 18.2 Å². The molecule has 0 spiro atoms. The lowest BCUT2D eigenvalue weighted by Gasteiger charge is -2.07. The van der Waals surface area contributed by atoms with Gasteiger partial charge in [-0.1, -0.05) is 6.07 Å². The Morgan fingerprint density at radius 3 is 2.70 bits per heavy atom. The number of carbonyl (C=O) groups is 1.